The lowest BCUT2D eigenvalue weighted by Gasteiger charge is -2.37. The van der Waals surface area contributed by atoms with Gasteiger partial charge in [-0.3, -0.25) is 5.10 Å². The molecule has 3 heterocycles. The number of rotatable bonds is 4. The third-order valence-corrected chi connectivity index (χ3v) is 5.76. The van der Waals surface area contributed by atoms with Gasteiger partial charge in [0.25, 0.3) is 0 Å². The first-order chi connectivity index (χ1) is 13.0. The summed E-state index contributed by atoms with van der Waals surface area (Å²) in [7, 11) is 0. The summed E-state index contributed by atoms with van der Waals surface area (Å²) in [6, 6.07) is 6.46. The zero-order valence-corrected chi connectivity index (χ0v) is 16.4. The number of nitrogens with two attached hydrogens (primary N) is 1. The Labute approximate surface area is 160 Å². The number of aromatic amines is 1. The van der Waals surface area contributed by atoms with Crippen molar-refractivity contribution in [3.05, 3.63) is 35.5 Å². The number of anilines is 1. The Morgan fingerprint density at radius 3 is 2.67 bits per heavy atom. The standard InChI is InChI=1S/C21H28N6/c1-4-14-7-6-8-16(15(14)5-2)18-19-20(26-25-18)24-17(13-23-19)27-11-9-21(3,22)10-12-27/h6-8,13H,4-5,9-12,22H2,1-3H3,(H,24,25,26). The third-order valence-electron chi connectivity index (χ3n) is 5.76. The van der Waals surface area contributed by atoms with E-state index in [1.54, 1.807) is 0 Å². The van der Waals surface area contributed by atoms with E-state index >= 15 is 0 Å². The van der Waals surface area contributed by atoms with Crippen molar-refractivity contribution in [1.82, 2.24) is 20.2 Å². The van der Waals surface area contributed by atoms with Gasteiger partial charge in [0.05, 0.1) is 11.9 Å². The number of H-pyrrole nitrogens is 1. The molecule has 6 nitrogen and oxygen atoms in total. The van der Waals surface area contributed by atoms with Crippen LogP contribution in [-0.2, 0) is 12.8 Å². The Kier molecular flexibility index (Phi) is 4.60. The second-order valence-corrected chi connectivity index (χ2v) is 7.79. The van der Waals surface area contributed by atoms with Crippen LogP contribution in [0.5, 0.6) is 0 Å². The molecule has 0 atom stereocenters. The molecule has 27 heavy (non-hydrogen) atoms. The van der Waals surface area contributed by atoms with Crippen LogP contribution >= 0.6 is 0 Å². The Bertz CT molecular complexity index is 948. The van der Waals surface area contributed by atoms with E-state index < -0.39 is 0 Å². The van der Waals surface area contributed by atoms with E-state index in [0.29, 0.717) is 5.65 Å². The monoisotopic (exact) mass is 364 g/mol. The second-order valence-electron chi connectivity index (χ2n) is 7.79. The number of fused-ring (bicyclic) bond motifs is 1. The highest BCUT2D eigenvalue weighted by molar-refractivity contribution is 5.89. The van der Waals surface area contributed by atoms with E-state index in [2.05, 4.69) is 54.1 Å². The molecule has 1 aromatic carbocycles. The summed E-state index contributed by atoms with van der Waals surface area (Å²) in [6.07, 6.45) is 5.80. The Hall–Kier alpha value is -2.47. The summed E-state index contributed by atoms with van der Waals surface area (Å²) in [5.41, 5.74) is 12.6. The molecule has 0 aliphatic carbocycles. The van der Waals surface area contributed by atoms with E-state index in [1.165, 1.54) is 16.7 Å². The highest BCUT2D eigenvalue weighted by atomic mass is 15.2. The van der Waals surface area contributed by atoms with Crippen molar-refractivity contribution in [2.45, 2.75) is 52.0 Å². The SMILES string of the molecule is CCc1cccc(-c2[nH]nc3nc(N4CCC(C)(N)CC4)cnc23)c1CC. The van der Waals surface area contributed by atoms with Crippen LogP contribution in [0.2, 0.25) is 0 Å². The first kappa shape index (κ1) is 17.9. The fraction of sp³-hybridized carbons (Fsp3) is 0.476. The molecule has 0 unspecified atom stereocenters. The maximum absolute atomic E-state index is 6.25. The fourth-order valence-electron chi connectivity index (χ4n) is 3.99. The number of nitrogens with one attached hydrogen (secondary N) is 1. The number of aryl methyl sites for hydroxylation is 1. The van der Waals surface area contributed by atoms with Gasteiger partial charge in [-0.05, 0) is 43.7 Å². The van der Waals surface area contributed by atoms with Gasteiger partial charge >= 0.3 is 0 Å². The highest BCUT2D eigenvalue weighted by Gasteiger charge is 2.27. The van der Waals surface area contributed by atoms with Gasteiger partial charge in [-0.15, -0.1) is 0 Å². The molecule has 142 valence electrons. The van der Waals surface area contributed by atoms with Crippen LogP contribution in [0.15, 0.2) is 24.4 Å². The van der Waals surface area contributed by atoms with Crippen molar-refractivity contribution < 1.29 is 0 Å². The number of nitrogens with zero attached hydrogens (tertiary/aromatic N) is 4. The molecule has 0 bridgehead atoms. The Morgan fingerprint density at radius 2 is 1.96 bits per heavy atom. The zero-order chi connectivity index (χ0) is 19.0. The van der Waals surface area contributed by atoms with Crippen molar-refractivity contribution in [3.63, 3.8) is 0 Å². The Balaban J connectivity index is 1.70. The van der Waals surface area contributed by atoms with Crippen molar-refractivity contribution in [1.29, 1.82) is 0 Å². The molecule has 1 aliphatic heterocycles. The molecular weight excluding hydrogens is 336 g/mol. The van der Waals surface area contributed by atoms with E-state index in [1.807, 2.05) is 6.20 Å². The van der Waals surface area contributed by atoms with Crippen LogP contribution in [0.4, 0.5) is 5.82 Å². The molecule has 4 rings (SSSR count). The minimum Gasteiger partial charge on any atom is -0.355 e. The van der Waals surface area contributed by atoms with E-state index in [0.717, 1.165) is 55.8 Å². The topological polar surface area (TPSA) is 83.7 Å². The fourth-order valence-corrected chi connectivity index (χ4v) is 3.99. The zero-order valence-electron chi connectivity index (χ0n) is 16.4. The smallest absolute Gasteiger partial charge is 0.202 e. The van der Waals surface area contributed by atoms with E-state index in [-0.39, 0.29) is 5.54 Å². The summed E-state index contributed by atoms with van der Waals surface area (Å²) in [4.78, 5) is 11.8. The molecule has 3 N–H and O–H groups in total. The first-order valence-corrected chi connectivity index (χ1v) is 9.88. The van der Waals surface area contributed by atoms with Gasteiger partial charge in [0, 0.05) is 24.2 Å². The normalized spacial score (nSPS) is 16.8. The lowest BCUT2D eigenvalue weighted by molar-refractivity contribution is 0.363. The number of aromatic nitrogens is 4. The molecule has 3 aromatic rings. The summed E-state index contributed by atoms with van der Waals surface area (Å²) < 4.78 is 0. The molecule has 0 radical (unpaired) electrons. The lowest BCUT2D eigenvalue weighted by Crippen LogP contribution is -2.48. The largest absolute Gasteiger partial charge is 0.355 e. The summed E-state index contributed by atoms with van der Waals surface area (Å²) in [5.74, 6) is 0.883. The van der Waals surface area contributed by atoms with E-state index in [9.17, 15) is 0 Å². The average Bonchev–Trinajstić information content (AvgIpc) is 3.10. The van der Waals surface area contributed by atoms with Crippen molar-refractivity contribution in [3.8, 4) is 11.3 Å². The van der Waals surface area contributed by atoms with Crippen LogP contribution in [0.25, 0.3) is 22.4 Å². The van der Waals surface area contributed by atoms with Crippen LogP contribution in [0.1, 0.15) is 44.7 Å². The quantitative estimate of drug-likeness (QED) is 0.741. The molecule has 0 spiro atoms. The van der Waals surface area contributed by atoms with Gasteiger partial charge in [0.2, 0.25) is 5.65 Å². The maximum Gasteiger partial charge on any atom is 0.202 e. The summed E-state index contributed by atoms with van der Waals surface area (Å²) in [6.45, 7) is 8.32. The van der Waals surface area contributed by atoms with Gasteiger partial charge < -0.3 is 10.6 Å². The molecule has 0 saturated carbocycles. The second kappa shape index (κ2) is 6.93. The van der Waals surface area contributed by atoms with Gasteiger partial charge in [0.15, 0.2) is 0 Å². The summed E-state index contributed by atoms with van der Waals surface area (Å²) >= 11 is 0. The summed E-state index contributed by atoms with van der Waals surface area (Å²) in [5, 5.41) is 7.65. The minimum atomic E-state index is -0.0750. The third kappa shape index (κ3) is 3.30. The molecule has 1 saturated heterocycles. The molecule has 1 aliphatic rings. The number of piperidine rings is 1. The predicted octanol–water partition coefficient (Wildman–Crippen LogP) is 3.46. The molecule has 1 fully saturated rings. The van der Waals surface area contributed by atoms with Crippen molar-refractivity contribution in [2.75, 3.05) is 18.0 Å². The number of benzene rings is 1. The molecular formula is C21H28N6. The minimum absolute atomic E-state index is 0.0750. The highest BCUT2D eigenvalue weighted by Crippen LogP contribution is 2.31. The number of hydrogen-bond acceptors (Lipinski definition) is 5. The molecule has 2 aromatic heterocycles. The van der Waals surface area contributed by atoms with Crippen LogP contribution in [0.3, 0.4) is 0 Å². The van der Waals surface area contributed by atoms with Crippen molar-refractivity contribution in [2.24, 2.45) is 5.73 Å². The van der Waals surface area contributed by atoms with Gasteiger partial charge in [-0.25, -0.2) is 9.97 Å². The maximum atomic E-state index is 6.25. The van der Waals surface area contributed by atoms with Crippen LogP contribution in [0, 0.1) is 0 Å². The molecule has 6 heteroatoms. The molecule has 0 amide bonds. The first-order valence-electron chi connectivity index (χ1n) is 9.88. The lowest BCUT2D eigenvalue weighted by atomic mass is 9.91. The van der Waals surface area contributed by atoms with Crippen LogP contribution < -0.4 is 10.6 Å². The van der Waals surface area contributed by atoms with Crippen molar-refractivity contribution >= 4 is 17.0 Å². The van der Waals surface area contributed by atoms with E-state index in [4.69, 9.17) is 15.7 Å². The van der Waals surface area contributed by atoms with Gasteiger partial charge in [-0.2, -0.15) is 5.10 Å². The van der Waals surface area contributed by atoms with Gasteiger partial charge in [-0.1, -0.05) is 32.0 Å². The average molecular weight is 364 g/mol. The predicted molar refractivity (Wildman–Crippen MR) is 110 cm³/mol. The van der Waals surface area contributed by atoms with Crippen LogP contribution in [-0.4, -0.2) is 38.8 Å². The van der Waals surface area contributed by atoms with Gasteiger partial charge in [0.1, 0.15) is 11.3 Å². The Morgan fingerprint density at radius 1 is 1.19 bits per heavy atom. The number of hydrogen-bond donors (Lipinski definition) is 2.